The van der Waals surface area contributed by atoms with Crippen molar-refractivity contribution in [2.24, 2.45) is 5.73 Å². The number of aromatic amines is 1. The van der Waals surface area contributed by atoms with Crippen LogP contribution >= 0.6 is 0 Å². The zero-order valence-corrected chi connectivity index (χ0v) is 10.7. The average Bonchev–Trinajstić information content (AvgIpc) is 2.64. The maximum absolute atomic E-state index is 5.55. The highest BCUT2D eigenvalue weighted by molar-refractivity contribution is 5.66. The molecule has 3 heteroatoms. The van der Waals surface area contributed by atoms with E-state index in [-0.39, 0.29) is 0 Å². The zero-order chi connectivity index (χ0) is 12.4. The largest absolute Gasteiger partial charge is 0.346 e. The van der Waals surface area contributed by atoms with Gasteiger partial charge in [-0.05, 0) is 38.9 Å². The van der Waals surface area contributed by atoms with Crippen LogP contribution in [0.5, 0.6) is 0 Å². The van der Waals surface area contributed by atoms with E-state index in [1.165, 1.54) is 16.7 Å². The molecule has 0 aliphatic carbocycles. The van der Waals surface area contributed by atoms with E-state index in [4.69, 9.17) is 5.73 Å². The Bertz CT molecular complexity index is 526. The monoisotopic (exact) mass is 229 g/mol. The molecule has 0 saturated heterocycles. The molecule has 3 nitrogen and oxygen atoms in total. The Morgan fingerprint density at radius 1 is 1.24 bits per heavy atom. The normalized spacial score (nSPS) is 10.8. The summed E-state index contributed by atoms with van der Waals surface area (Å²) in [5.41, 5.74) is 11.4. The molecule has 0 atom stereocenters. The van der Waals surface area contributed by atoms with Crippen molar-refractivity contribution in [2.75, 3.05) is 6.54 Å². The van der Waals surface area contributed by atoms with Crippen LogP contribution in [0.2, 0.25) is 0 Å². The molecule has 0 radical (unpaired) electrons. The summed E-state index contributed by atoms with van der Waals surface area (Å²) in [6.45, 7) is 6.90. The van der Waals surface area contributed by atoms with Gasteiger partial charge in [-0.25, -0.2) is 4.98 Å². The molecular formula is C14H19N3. The van der Waals surface area contributed by atoms with Gasteiger partial charge >= 0.3 is 0 Å². The maximum atomic E-state index is 5.55. The molecule has 0 bridgehead atoms. The maximum Gasteiger partial charge on any atom is 0.108 e. The Labute approximate surface area is 102 Å². The summed E-state index contributed by atoms with van der Waals surface area (Å²) in [5.74, 6) is 0.973. The van der Waals surface area contributed by atoms with Gasteiger partial charge in [-0.15, -0.1) is 0 Å². The number of nitrogens with two attached hydrogens (primary N) is 1. The number of rotatable bonds is 3. The molecule has 1 aromatic carbocycles. The fourth-order valence-electron chi connectivity index (χ4n) is 2.03. The second-order valence-electron chi connectivity index (χ2n) is 4.51. The van der Waals surface area contributed by atoms with Gasteiger partial charge in [0.1, 0.15) is 5.82 Å². The molecule has 90 valence electrons. The van der Waals surface area contributed by atoms with Crippen LogP contribution in [0.4, 0.5) is 0 Å². The fraction of sp³-hybridized carbons (Fsp3) is 0.357. The molecule has 2 rings (SSSR count). The van der Waals surface area contributed by atoms with Gasteiger partial charge < -0.3 is 10.7 Å². The number of imidazole rings is 1. The predicted molar refractivity (Wildman–Crippen MR) is 71.0 cm³/mol. The lowest BCUT2D eigenvalue weighted by atomic mass is 10.0. The van der Waals surface area contributed by atoms with Crippen molar-refractivity contribution in [1.82, 2.24) is 9.97 Å². The van der Waals surface area contributed by atoms with Crippen molar-refractivity contribution in [2.45, 2.75) is 27.2 Å². The van der Waals surface area contributed by atoms with Crippen LogP contribution in [-0.2, 0) is 6.42 Å². The van der Waals surface area contributed by atoms with Crippen LogP contribution in [0.3, 0.4) is 0 Å². The number of hydrogen-bond acceptors (Lipinski definition) is 2. The molecule has 0 spiro atoms. The third kappa shape index (κ3) is 2.39. The molecule has 0 fully saturated rings. The van der Waals surface area contributed by atoms with Crippen LogP contribution in [0.25, 0.3) is 11.3 Å². The molecule has 3 N–H and O–H groups in total. The first kappa shape index (κ1) is 11.9. The standard InChI is InChI=1S/C14H19N3/c1-9-4-5-10(2)12(8-9)14-11(3)16-13(17-14)6-7-15/h4-5,8H,6-7,15H2,1-3H3,(H,16,17). The summed E-state index contributed by atoms with van der Waals surface area (Å²) in [7, 11) is 0. The van der Waals surface area contributed by atoms with Gasteiger partial charge in [-0.1, -0.05) is 17.7 Å². The van der Waals surface area contributed by atoms with Gasteiger partial charge in [0, 0.05) is 17.7 Å². The van der Waals surface area contributed by atoms with Crippen molar-refractivity contribution < 1.29 is 0 Å². The van der Waals surface area contributed by atoms with E-state index in [0.29, 0.717) is 6.54 Å². The van der Waals surface area contributed by atoms with E-state index >= 15 is 0 Å². The number of aromatic nitrogens is 2. The van der Waals surface area contributed by atoms with Crippen LogP contribution < -0.4 is 5.73 Å². The molecule has 0 unspecified atom stereocenters. The molecule has 0 aliphatic rings. The molecule has 2 aromatic rings. The summed E-state index contributed by atoms with van der Waals surface area (Å²) in [6, 6.07) is 6.45. The lowest BCUT2D eigenvalue weighted by Crippen LogP contribution is -2.03. The Morgan fingerprint density at radius 2 is 2.00 bits per heavy atom. The van der Waals surface area contributed by atoms with Gasteiger partial charge in [0.2, 0.25) is 0 Å². The Morgan fingerprint density at radius 3 is 2.71 bits per heavy atom. The Balaban J connectivity index is 2.48. The van der Waals surface area contributed by atoms with E-state index in [1.54, 1.807) is 0 Å². The summed E-state index contributed by atoms with van der Waals surface area (Å²) >= 11 is 0. The second-order valence-corrected chi connectivity index (χ2v) is 4.51. The van der Waals surface area contributed by atoms with Gasteiger partial charge in [0.15, 0.2) is 0 Å². The lowest BCUT2D eigenvalue weighted by Gasteiger charge is -2.05. The van der Waals surface area contributed by atoms with Gasteiger partial charge in [0.05, 0.1) is 5.69 Å². The molecule has 0 aliphatic heterocycles. The molecule has 0 amide bonds. The van der Waals surface area contributed by atoms with Gasteiger partial charge in [0.25, 0.3) is 0 Å². The number of aryl methyl sites for hydroxylation is 3. The molecule has 1 aromatic heterocycles. The third-order valence-electron chi connectivity index (χ3n) is 2.96. The topological polar surface area (TPSA) is 54.7 Å². The Kier molecular flexibility index (Phi) is 3.29. The summed E-state index contributed by atoms with van der Waals surface area (Å²) in [5, 5.41) is 0. The molecular weight excluding hydrogens is 210 g/mol. The van der Waals surface area contributed by atoms with Gasteiger partial charge in [-0.3, -0.25) is 0 Å². The SMILES string of the molecule is Cc1ccc(C)c(-c2nc(CCN)[nH]c2C)c1. The van der Waals surface area contributed by atoms with E-state index < -0.39 is 0 Å². The van der Waals surface area contributed by atoms with Crippen LogP contribution in [0.1, 0.15) is 22.6 Å². The van der Waals surface area contributed by atoms with Crippen LogP contribution in [0.15, 0.2) is 18.2 Å². The highest BCUT2D eigenvalue weighted by Gasteiger charge is 2.10. The van der Waals surface area contributed by atoms with E-state index in [2.05, 4.69) is 48.9 Å². The van der Waals surface area contributed by atoms with Crippen molar-refractivity contribution in [3.8, 4) is 11.3 Å². The number of hydrogen-bond donors (Lipinski definition) is 2. The highest BCUT2D eigenvalue weighted by Crippen LogP contribution is 2.25. The van der Waals surface area contributed by atoms with Crippen molar-refractivity contribution in [3.63, 3.8) is 0 Å². The molecule has 0 saturated carbocycles. The minimum absolute atomic E-state index is 0.624. The predicted octanol–water partition coefficient (Wildman–Crippen LogP) is 2.50. The number of nitrogens with one attached hydrogen (secondary N) is 1. The third-order valence-corrected chi connectivity index (χ3v) is 2.96. The number of benzene rings is 1. The summed E-state index contributed by atoms with van der Waals surface area (Å²) in [4.78, 5) is 7.94. The van der Waals surface area contributed by atoms with Crippen LogP contribution in [0, 0.1) is 20.8 Å². The first-order valence-corrected chi connectivity index (χ1v) is 5.95. The van der Waals surface area contributed by atoms with E-state index in [9.17, 15) is 0 Å². The van der Waals surface area contributed by atoms with Crippen molar-refractivity contribution >= 4 is 0 Å². The number of H-pyrrole nitrogens is 1. The number of nitrogens with zero attached hydrogens (tertiary/aromatic N) is 1. The second kappa shape index (κ2) is 4.72. The molecule has 17 heavy (non-hydrogen) atoms. The Hall–Kier alpha value is -1.61. The van der Waals surface area contributed by atoms with Gasteiger partial charge in [-0.2, -0.15) is 0 Å². The zero-order valence-electron chi connectivity index (χ0n) is 10.7. The quantitative estimate of drug-likeness (QED) is 0.849. The molecule has 1 heterocycles. The van der Waals surface area contributed by atoms with Crippen molar-refractivity contribution in [1.29, 1.82) is 0 Å². The van der Waals surface area contributed by atoms with Crippen LogP contribution in [-0.4, -0.2) is 16.5 Å². The summed E-state index contributed by atoms with van der Waals surface area (Å²) < 4.78 is 0. The van der Waals surface area contributed by atoms with E-state index in [0.717, 1.165) is 23.6 Å². The first-order valence-electron chi connectivity index (χ1n) is 5.95. The first-order chi connectivity index (χ1) is 8.11. The highest BCUT2D eigenvalue weighted by atomic mass is 14.9. The minimum Gasteiger partial charge on any atom is -0.346 e. The van der Waals surface area contributed by atoms with Crippen molar-refractivity contribution in [3.05, 3.63) is 40.8 Å². The smallest absolute Gasteiger partial charge is 0.108 e. The lowest BCUT2D eigenvalue weighted by molar-refractivity contribution is 0.891. The van der Waals surface area contributed by atoms with E-state index in [1.807, 2.05) is 0 Å². The average molecular weight is 229 g/mol. The summed E-state index contributed by atoms with van der Waals surface area (Å²) in [6.07, 6.45) is 0.797. The minimum atomic E-state index is 0.624. The fourth-order valence-corrected chi connectivity index (χ4v) is 2.03.